The lowest BCUT2D eigenvalue weighted by Crippen LogP contribution is -2.44. The third-order valence-corrected chi connectivity index (χ3v) is 4.22. The molecular formula is C15H30N2O2. The second kappa shape index (κ2) is 7.85. The normalized spacial score (nSPS) is 25.6. The standard InChI is InChI=1S/C15H30N2O2/c1-11(2)12(3)16-15(19)10-17(4)9-13-7-5-6-8-14(13)18/h11-14,18H,5-10H2,1-4H3,(H,16,19). The Morgan fingerprint density at radius 1 is 1.32 bits per heavy atom. The summed E-state index contributed by atoms with van der Waals surface area (Å²) in [7, 11) is 1.96. The molecule has 0 radical (unpaired) electrons. The maximum absolute atomic E-state index is 11.9. The number of hydrogen-bond acceptors (Lipinski definition) is 3. The predicted molar refractivity (Wildman–Crippen MR) is 77.9 cm³/mol. The van der Waals surface area contributed by atoms with Crippen LogP contribution in [-0.4, -0.2) is 48.2 Å². The van der Waals surface area contributed by atoms with Gasteiger partial charge in [-0.1, -0.05) is 26.7 Å². The molecule has 19 heavy (non-hydrogen) atoms. The van der Waals surface area contributed by atoms with Crippen LogP contribution < -0.4 is 5.32 Å². The lowest BCUT2D eigenvalue weighted by Gasteiger charge is -2.31. The smallest absolute Gasteiger partial charge is 0.234 e. The number of nitrogens with zero attached hydrogens (tertiary/aromatic N) is 1. The van der Waals surface area contributed by atoms with E-state index >= 15 is 0 Å². The zero-order valence-electron chi connectivity index (χ0n) is 12.9. The van der Waals surface area contributed by atoms with Gasteiger partial charge in [-0.15, -0.1) is 0 Å². The maximum Gasteiger partial charge on any atom is 0.234 e. The van der Waals surface area contributed by atoms with E-state index in [0.717, 1.165) is 25.8 Å². The first kappa shape index (κ1) is 16.4. The molecule has 0 bridgehead atoms. The van der Waals surface area contributed by atoms with E-state index in [2.05, 4.69) is 19.2 Å². The Morgan fingerprint density at radius 2 is 1.95 bits per heavy atom. The number of aliphatic hydroxyl groups excluding tert-OH is 1. The van der Waals surface area contributed by atoms with Crippen molar-refractivity contribution in [2.45, 2.75) is 58.6 Å². The lowest BCUT2D eigenvalue weighted by atomic mass is 9.86. The van der Waals surface area contributed by atoms with Crippen LogP contribution in [0.3, 0.4) is 0 Å². The fourth-order valence-electron chi connectivity index (χ4n) is 2.58. The number of nitrogens with one attached hydrogen (secondary N) is 1. The molecule has 1 aliphatic rings. The van der Waals surface area contributed by atoms with Gasteiger partial charge in [-0.2, -0.15) is 0 Å². The minimum atomic E-state index is -0.186. The van der Waals surface area contributed by atoms with Crippen molar-refractivity contribution in [1.29, 1.82) is 0 Å². The molecule has 4 nitrogen and oxygen atoms in total. The molecule has 1 saturated carbocycles. The highest BCUT2D eigenvalue weighted by Gasteiger charge is 2.24. The molecule has 0 heterocycles. The monoisotopic (exact) mass is 270 g/mol. The van der Waals surface area contributed by atoms with Crippen molar-refractivity contribution in [2.24, 2.45) is 11.8 Å². The summed E-state index contributed by atoms with van der Waals surface area (Å²) < 4.78 is 0. The highest BCUT2D eigenvalue weighted by molar-refractivity contribution is 5.78. The summed E-state index contributed by atoms with van der Waals surface area (Å²) in [6.07, 6.45) is 4.14. The minimum Gasteiger partial charge on any atom is -0.393 e. The number of amides is 1. The Labute approximate surface area is 117 Å². The van der Waals surface area contributed by atoms with Crippen LogP contribution in [0.15, 0.2) is 0 Å². The molecule has 4 heteroatoms. The molecule has 0 spiro atoms. The quantitative estimate of drug-likeness (QED) is 0.771. The van der Waals surface area contributed by atoms with Crippen LogP contribution in [0.4, 0.5) is 0 Å². The number of carbonyl (C=O) groups is 1. The van der Waals surface area contributed by atoms with Gasteiger partial charge in [0.05, 0.1) is 12.6 Å². The third-order valence-electron chi connectivity index (χ3n) is 4.22. The van der Waals surface area contributed by atoms with Gasteiger partial charge in [-0.25, -0.2) is 0 Å². The van der Waals surface area contributed by atoms with E-state index in [1.165, 1.54) is 6.42 Å². The molecule has 3 atom stereocenters. The van der Waals surface area contributed by atoms with E-state index in [4.69, 9.17) is 0 Å². The molecule has 0 saturated heterocycles. The van der Waals surface area contributed by atoms with Crippen molar-refractivity contribution in [3.05, 3.63) is 0 Å². The molecule has 112 valence electrons. The van der Waals surface area contributed by atoms with Crippen LogP contribution in [0.1, 0.15) is 46.5 Å². The Kier molecular flexibility index (Phi) is 6.80. The van der Waals surface area contributed by atoms with Crippen molar-refractivity contribution in [1.82, 2.24) is 10.2 Å². The van der Waals surface area contributed by atoms with Crippen LogP contribution in [0, 0.1) is 11.8 Å². The van der Waals surface area contributed by atoms with Crippen molar-refractivity contribution in [3.8, 4) is 0 Å². The maximum atomic E-state index is 11.9. The van der Waals surface area contributed by atoms with Gasteiger partial charge in [-0.05, 0) is 38.6 Å². The number of aliphatic hydroxyl groups is 1. The molecular weight excluding hydrogens is 240 g/mol. The summed E-state index contributed by atoms with van der Waals surface area (Å²) in [5, 5.41) is 13.0. The van der Waals surface area contributed by atoms with Gasteiger partial charge < -0.3 is 10.4 Å². The first-order valence-corrected chi connectivity index (χ1v) is 7.56. The summed E-state index contributed by atoms with van der Waals surface area (Å²) >= 11 is 0. The van der Waals surface area contributed by atoms with Crippen LogP contribution >= 0.6 is 0 Å². The van der Waals surface area contributed by atoms with E-state index in [1.807, 2.05) is 18.9 Å². The summed E-state index contributed by atoms with van der Waals surface area (Å²) in [6, 6.07) is 0.209. The van der Waals surface area contributed by atoms with Crippen LogP contribution in [0.25, 0.3) is 0 Å². The minimum absolute atomic E-state index is 0.0778. The van der Waals surface area contributed by atoms with Gasteiger partial charge in [-0.3, -0.25) is 9.69 Å². The van der Waals surface area contributed by atoms with Gasteiger partial charge in [0.2, 0.25) is 5.91 Å². The van der Waals surface area contributed by atoms with Gasteiger partial charge in [0, 0.05) is 12.6 Å². The molecule has 2 N–H and O–H groups in total. The largest absolute Gasteiger partial charge is 0.393 e. The number of rotatable bonds is 6. The molecule has 0 aromatic carbocycles. The Hall–Kier alpha value is -0.610. The average Bonchev–Trinajstić information content (AvgIpc) is 2.31. The molecule has 0 aromatic heterocycles. The molecule has 3 unspecified atom stereocenters. The van der Waals surface area contributed by atoms with E-state index in [0.29, 0.717) is 18.4 Å². The summed E-state index contributed by atoms with van der Waals surface area (Å²) in [5.41, 5.74) is 0. The van der Waals surface area contributed by atoms with E-state index in [9.17, 15) is 9.90 Å². The predicted octanol–water partition coefficient (Wildman–Crippen LogP) is 1.63. The first-order valence-electron chi connectivity index (χ1n) is 7.56. The van der Waals surface area contributed by atoms with E-state index in [-0.39, 0.29) is 18.1 Å². The van der Waals surface area contributed by atoms with Gasteiger partial charge in [0.25, 0.3) is 0 Å². The Balaban J connectivity index is 2.29. The SMILES string of the molecule is CC(C)C(C)NC(=O)CN(C)CC1CCCCC1O. The summed E-state index contributed by atoms with van der Waals surface area (Å²) in [6.45, 7) is 7.47. The molecule has 1 aliphatic carbocycles. The third kappa shape index (κ3) is 5.91. The zero-order chi connectivity index (χ0) is 14.4. The number of likely N-dealkylation sites (N-methyl/N-ethyl adjacent to an activating group) is 1. The number of carbonyl (C=O) groups excluding carboxylic acids is 1. The summed E-state index contributed by atoms with van der Waals surface area (Å²) in [5.74, 6) is 0.859. The van der Waals surface area contributed by atoms with Crippen molar-refractivity contribution < 1.29 is 9.90 Å². The van der Waals surface area contributed by atoms with Gasteiger partial charge >= 0.3 is 0 Å². The van der Waals surface area contributed by atoms with Crippen LogP contribution in [0.2, 0.25) is 0 Å². The van der Waals surface area contributed by atoms with E-state index in [1.54, 1.807) is 0 Å². The zero-order valence-corrected chi connectivity index (χ0v) is 12.9. The second-order valence-corrected chi connectivity index (χ2v) is 6.41. The Morgan fingerprint density at radius 3 is 2.53 bits per heavy atom. The highest BCUT2D eigenvalue weighted by atomic mass is 16.3. The van der Waals surface area contributed by atoms with E-state index < -0.39 is 0 Å². The summed E-state index contributed by atoms with van der Waals surface area (Å²) in [4.78, 5) is 13.9. The van der Waals surface area contributed by atoms with Gasteiger partial charge in [0.1, 0.15) is 0 Å². The van der Waals surface area contributed by atoms with Crippen molar-refractivity contribution >= 4 is 5.91 Å². The van der Waals surface area contributed by atoms with Gasteiger partial charge in [0.15, 0.2) is 0 Å². The topological polar surface area (TPSA) is 52.6 Å². The van der Waals surface area contributed by atoms with Crippen LogP contribution in [-0.2, 0) is 4.79 Å². The highest BCUT2D eigenvalue weighted by Crippen LogP contribution is 2.24. The van der Waals surface area contributed by atoms with Crippen molar-refractivity contribution in [3.63, 3.8) is 0 Å². The van der Waals surface area contributed by atoms with Crippen molar-refractivity contribution in [2.75, 3.05) is 20.1 Å². The fraction of sp³-hybridized carbons (Fsp3) is 0.933. The second-order valence-electron chi connectivity index (χ2n) is 6.41. The lowest BCUT2D eigenvalue weighted by molar-refractivity contribution is -0.123. The molecule has 0 aromatic rings. The molecule has 0 aliphatic heterocycles. The first-order chi connectivity index (χ1) is 8.90. The number of hydrogen-bond donors (Lipinski definition) is 2. The Bertz CT molecular complexity index is 281. The molecule has 1 fully saturated rings. The fourth-order valence-corrected chi connectivity index (χ4v) is 2.58. The van der Waals surface area contributed by atoms with Crippen LogP contribution in [0.5, 0.6) is 0 Å². The molecule has 1 amide bonds. The average molecular weight is 270 g/mol. The molecule has 1 rings (SSSR count).